The molecule has 1 unspecified atom stereocenters. The Balaban J connectivity index is 1.36. The third kappa shape index (κ3) is 8.01. The molecule has 0 aromatic heterocycles. The van der Waals surface area contributed by atoms with Gasteiger partial charge in [-0.15, -0.1) is 0 Å². The number of alkyl carbamates (subject to hydrolysis) is 1. The summed E-state index contributed by atoms with van der Waals surface area (Å²) in [6.07, 6.45) is 5.54. The quantitative estimate of drug-likeness (QED) is 0.695. The molecule has 0 aliphatic carbocycles. The van der Waals surface area contributed by atoms with Gasteiger partial charge in [-0.3, -0.25) is 0 Å². The highest BCUT2D eigenvalue weighted by molar-refractivity contribution is 5.68. The number of likely N-dealkylation sites (tertiary alicyclic amines) is 2. The molecule has 1 aromatic rings. The molecule has 1 atom stereocenters. The number of carbonyl (C=O) groups excluding carboxylic acids is 2. The Morgan fingerprint density at radius 3 is 2.44 bits per heavy atom. The van der Waals surface area contributed by atoms with Crippen LogP contribution in [0, 0.1) is 0 Å². The summed E-state index contributed by atoms with van der Waals surface area (Å²) in [6, 6.07) is 10.1. The Hall–Kier alpha value is -2.28. The number of nitrogens with one attached hydrogen (secondary N) is 1. The zero-order valence-corrected chi connectivity index (χ0v) is 19.8. The lowest BCUT2D eigenvalue weighted by molar-refractivity contribution is 0.00741. The fraction of sp³-hybridized carbons (Fsp3) is 0.680. The van der Waals surface area contributed by atoms with Crippen molar-refractivity contribution in [2.24, 2.45) is 0 Å². The molecular formula is C25H39N3O4. The lowest BCUT2D eigenvalue weighted by atomic mass is 9.98. The summed E-state index contributed by atoms with van der Waals surface area (Å²) in [6.45, 7) is 9.69. The van der Waals surface area contributed by atoms with Gasteiger partial charge in [-0.05, 0) is 64.9 Å². The predicted molar refractivity (Wildman–Crippen MR) is 124 cm³/mol. The van der Waals surface area contributed by atoms with Crippen molar-refractivity contribution < 1.29 is 19.1 Å². The molecule has 32 heavy (non-hydrogen) atoms. The van der Waals surface area contributed by atoms with E-state index in [0.717, 1.165) is 63.8 Å². The molecule has 0 bridgehead atoms. The van der Waals surface area contributed by atoms with Gasteiger partial charge in [-0.1, -0.05) is 30.3 Å². The standard InChI is InChI=1S/C25H39N3O4/c1-25(2,3)32-24(30)28-15-8-7-11-22(28)14-18-27-16-12-21(13-17-27)26-23(29)31-19-20-9-5-4-6-10-20/h4-6,9-10,21-22H,7-8,11-19H2,1-3H3,(H,26,29). The number of hydrogen-bond acceptors (Lipinski definition) is 5. The van der Waals surface area contributed by atoms with Gasteiger partial charge in [0.1, 0.15) is 12.2 Å². The SMILES string of the molecule is CC(C)(C)OC(=O)N1CCCCC1CCN1CCC(NC(=O)OCc2ccccc2)CC1. The molecule has 7 nitrogen and oxygen atoms in total. The first-order valence-corrected chi connectivity index (χ1v) is 12.0. The molecule has 2 amide bonds. The molecule has 0 saturated carbocycles. The molecule has 178 valence electrons. The van der Waals surface area contributed by atoms with Gasteiger partial charge in [0.15, 0.2) is 0 Å². The van der Waals surface area contributed by atoms with E-state index < -0.39 is 5.60 Å². The highest BCUT2D eigenvalue weighted by Gasteiger charge is 2.31. The molecule has 1 N–H and O–H groups in total. The zero-order chi connectivity index (χ0) is 23.0. The summed E-state index contributed by atoms with van der Waals surface area (Å²) < 4.78 is 11.0. The monoisotopic (exact) mass is 445 g/mol. The summed E-state index contributed by atoms with van der Waals surface area (Å²) in [5.41, 5.74) is 0.525. The van der Waals surface area contributed by atoms with Crippen LogP contribution >= 0.6 is 0 Å². The van der Waals surface area contributed by atoms with Crippen molar-refractivity contribution in [3.8, 4) is 0 Å². The summed E-state index contributed by atoms with van der Waals surface area (Å²) >= 11 is 0. The number of ether oxygens (including phenoxy) is 2. The smallest absolute Gasteiger partial charge is 0.410 e. The molecular weight excluding hydrogens is 406 g/mol. The highest BCUT2D eigenvalue weighted by Crippen LogP contribution is 2.23. The molecule has 2 aliphatic heterocycles. The van der Waals surface area contributed by atoms with Gasteiger partial charge in [0.2, 0.25) is 0 Å². The number of amides is 2. The van der Waals surface area contributed by atoms with Gasteiger partial charge in [0, 0.05) is 38.3 Å². The van der Waals surface area contributed by atoms with E-state index in [0.29, 0.717) is 6.61 Å². The average molecular weight is 446 g/mol. The van der Waals surface area contributed by atoms with Crippen LogP contribution in [0.4, 0.5) is 9.59 Å². The largest absolute Gasteiger partial charge is 0.445 e. The van der Waals surface area contributed by atoms with Crippen LogP contribution in [0.3, 0.4) is 0 Å². The number of piperidine rings is 2. The van der Waals surface area contributed by atoms with Crippen molar-refractivity contribution in [3.05, 3.63) is 35.9 Å². The van der Waals surface area contributed by atoms with Gasteiger partial charge in [-0.2, -0.15) is 0 Å². The van der Waals surface area contributed by atoms with E-state index in [2.05, 4.69) is 10.2 Å². The van der Waals surface area contributed by atoms with Gasteiger partial charge in [0.25, 0.3) is 0 Å². The maximum absolute atomic E-state index is 12.6. The van der Waals surface area contributed by atoms with E-state index in [9.17, 15) is 9.59 Å². The van der Waals surface area contributed by atoms with E-state index in [1.54, 1.807) is 0 Å². The van der Waals surface area contributed by atoms with Crippen molar-refractivity contribution in [3.63, 3.8) is 0 Å². The van der Waals surface area contributed by atoms with Crippen molar-refractivity contribution in [2.75, 3.05) is 26.2 Å². The zero-order valence-electron chi connectivity index (χ0n) is 19.8. The Morgan fingerprint density at radius 2 is 1.75 bits per heavy atom. The van der Waals surface area contributed by atoms with Crippen LogP contribution in [0.15, 0.2) is 30.3 Å². The maximum atomic E-state index is 12.6. The molecule has 1 aromatic carbocycles. The fourth-order valence-electron chi connectivity index (χ4n) is 4.43. The van der Waals surface area contributed by atoms with E-state index in [1.165, 1.54) is 6.42 Å². The molecule has 0 radical (unpaired) electrons. The van der Waals surface area contributed by atoms with E-state index in [1.807, 2.05) is 56.0 Å². The highest BCUT2D eigenvalue weighted by atomic mass is 16.6. The number of rotatable bonds is 6. The van der Waals surface area contributed by atoms with E-state index >= 15 is 0 Å². The molecule has 3 rings (SSSR count). The van der Waals surface area contributed by atoms with Crippen molar-refractivity contribution in [2.45, 2.75) is 83.6 Å². The second-order valence-corrected chi connectivity index (χ2v) is 9.93. The first-order chi connectivity index (χ1) is 15.3. The van der Waals surface area contributed by atoms with Crippen LogP contribution in [-0.2, 0) is 16.1 Å². The first kappa shape index (κ1) is 24.4. The summed E-state index contributed by atoms with van der Waals surface area (Å²) in [7, 11) is 0. The molecule has 2 aliphatic rings. The minimum atomic E-state index is -0.462. The Labute approximate surface area is 192 Å². The van der Waals surface area contributed by atoms with Crippen molar-refractivity contribution in [1.82, 2.24) is 15.1 Å². The van der Waals surface area contributed by atoms with Crippen molar-refractivity contribution in [1.29, 1.82) is 0 Å². The van der Waals surface area contributed by atoms with Crippen LogP contribution in [-0.4, -0.2) is 65.9 Å². The number of carbonyl (C=O) groups is 2. The number of benzene rings is 1. The molecule has 2 fully saturated rings. The van der Waals surface area contributed by atoms with Gasteiger partial charge >= 0.3 is 12.2 Å². The van der Waals surface area contributed by atoms with Crippen LogP contribution in [0.1, 0.15) is 64.9 Å². The predicted octanol–water partition coefficient (Wildman–Crippen LogP) is 4.56. The molecule has 0 spiro atoms. The number of hydrogen-bond donors (Lipinski definition) is 1. The first-order valence-electron chi connectivity index (χ1n) is 12.0. The van der Waals surface area contributed by atoms with Crippen LogP contribution in [0.25, 0.3) is 0 Å². The van der Waals surface area contributed by atoms with Crippen LogP contribution < -0.4 is 5.32 Å². The van der Waals surface area contributed by atoms with Gasteiger partial charge < -0.3 is 24.6 Å². The lowest BCUT2D eigenvalue weighted by Crippen LogP contribution is -2.48. The van der Waals surface area contributed by atoms with Crippen LogP contribution in [0.2, 0.25) is 0 Å². The van der Waals surface area contributed by atoms with E-state index in [-0.39, 0.29) is 24.3 Å². The third-order valence-electron chi connectivity index (χ3n) is 6.16. The second kappa shape index (κ2) is 11.5. The average Bonchev–Trinajstić information content (AvgIpc) is 2.77. The minimum Gasteiger partial charge on any atom is -0.445 e. The third-order valence-corrected chi connectivity index (χ3v) is 6.16. The van der Waals surface area contributed by atoms with Crippen LogP contribution in [0.5, 0.6) is 0 Å². The number of nitrogens with zero attached hydrogens (tertiary/aromatic N) is 2. The summed E-state index contributed by atoms with van der Waals surface area (Å²) in [5.74, 6) is 0. The summed E-state index contributed by atoms with van der Waals surface area (Å²) in [5, 5.41) is 3.00. The Kier molecular flexibility index (Phi) is 8.79. The fourth-order valence-corrected chi connectivity index (χ4v) is 4.43. The second-order valence-electron chi connectivity index (χ2n) is 9.93. The minimum absolute atomic E-state index is 0.155. The van der Waals surface area contributed by atoms with Gasteiger partial charge in [-0.25, -0.2) is 9.59 Å². The lowest BCUT2D eigenvalue weighted by Gasteiger charge is -2.38. The molecule has 2 saturated heterocycles. The normalized spacial score (nSPS) is 20.6. The van der Waals surface area contributed by atoms with E-state index in [4.69, 9.17) is 9.47 Å². The molecule has 7 heteroatoms. The Morgan fingerprint density at radius 1 is 1.03 bits per heavy atom. The summed E-state index contributed by atoms with van der Waals surface area (Å²) in [4.78, 5) is 29.1. The topological polar surface area (TPSA) is 71.1 Å². The molecule has 2 heterocycles. The Bertz CT molecular complexity index is 726. The maximum Gasteiger partial charge on any atom is 0.410 e. The van der Waals surface area contributed by atoms with Gasteiger partial charge in [0.05, 0.1) is 0 Å². The van der Waals surface area contributed by atoms with Crippen molar-refractivity contribution >= 4 is 12.2 Å².